The van der Waals surface area contributed by atoms with Crippen LogP contribution in [0.1, 0.15) is 44.9 Å². The molecule has 0 spiro atoms. The average molecular weight is 167 g/mol. The third-order valence-electron chi connectivity index (χ3n) is 3.91. The zero-order valence-electron chi connectivity index (χ0n) is 8.18. The lowest BCUT2D eigenvalue weighted by atomic mass is 9.64. The molecule has 1 nitrogen and oxygen atoms in total. The van der Waals surface area contributed by atoms with Crippen LogP contribution in [0.5, 0.6) is 0 Å². The van der Waals surface area contributed by atoms with Gasteiger partial charge in [0.25, 0.3) is 0 Å². The maximum Gasteiger partial charge on any atom is 0.00977 e. The van der Waals surface area contributed by atoms with Crippen molar-refractivity contribution in [1.29, 1.82) is 0 Å². The Morgan fingerprint density at radius 2 is 1.75 bits per heavy atom. The van der Waals surface area contributed by atoms with Crippen LogP contribution in [0.15, 0.2) is 0 Å². The molecule has 2 rings (SSSR count). The van der Waals surface area contributed by atoms with Crippen LogP contribution >= 0.6 is 0 Å². The lowest BCUT2D eigenvalue weighted by Gasteiger charge is -2.46. The number of nitrogens with one attached hydrogen (secondary N) is 1. The van der Waals surface area contributed by atoms with Gasteiger partial charge in [0.2, 0.25) is 0 Å². The first-order valence-corrected chi connectivity index (χ1v) is 5.59. The van der Waals surface area contributed by atoms with E-state index in [1.54, 1.807) is 0 Å². The van der Waals surface area contributed by atoms with Crippen molar-refractivity contribution in [3.8, 4) is 0 Å². The highest BCUT2D eigenvalue weighted by Crippen LogP contribution is 2.42. The van der Waals surface area contributed by atoms with E-state index in [0.717, 1.165) is 17.9 Å². The lowest BCUT2D eigenvalue weighted by Crippen LogP contribution is -2.49. The van der Waals surface area contributed by atoms with Gasteiger partial charge in [0.05, 0.1) is 0 Å². The third-order valence-corrected chi connectivity index (χ3v) is 3.91. The highest BCUT2D eigenvalue weighted by molar-refractivity contribution is 4.93. The molecule has 70 valence electrons. The van der Waals surface area contributed by atoms with E-state index in [1.165, 1.54) is 44.9 Å². The first-order chi connectivity index (χ1) is 5.92. The quantitative estimate of drug-likeness (QED) is 0.633. The van der Waals surface area contributed by atoms with Crippen molar-refractivity contribution in [3.63, 3.8) is 0 Å². The zero-order chi connectivity index (χ0) is 8.39. The second-order valence-electron chi connectivity index (χ2n) is 4.55. The van der Waals surface area contributed by atoms with Gasteiger partial charge in [0.15, 0.2) is 0 Å². The summed E-state index contributed by atoms with van der Waals surface area (Å²) in [6.45, 7) is 0. The Kier molecular flexibility index (Phi) is 2.69. The molecule has 3 atom stereocenters. The smallest absolute Gasteiger partial charge is 0.00977 e. The summed E-state index contributed by atoms with van der Waals surface area (Å²) in [6.07, 6.45) is 10.4. The Bertz CT molecular complexity index is 142. The monoisotopic (exact) mass is 167 g/mol. The number of hydrogen-bond acceptors (Lipinski definition) is 1. The summed E-state index contributed by atoms with van der Waals surface area (Å²) >= 11 is 0. The van der Waals surface area contributed by atoms with Crippen molar-refractivity contribution in [2.24, 2.45) is 11.8 Å². The van der Waals surface area contributed by atoms with E-state index in [2.05, 4.69) is 12.4 Å². The molecule has 1 N–H and O–H groups in total. The van der Waals surface area contributed by atoms with Gasteiger partial charge in [-0.3, -0.25) is 0 Å². The first-order valence-electron chi connectivity index (χ1n) is 5.59. The molecule has 0 radical (unpaired) electrons. The van der Waals surface area contributed by atoms with Crippen molar-refractivity contribution >= 4 is 0 Å². The molecular weight excluding hydrogens is 146 g/mol. The van der Waals surface area contributed by atoms with Gasteiger partial charge in [-0.15, -0.1) is 0 Å². The van der Waals surface area contributed by atoms with Crippen LogP contribution in [0.3, 0.4) is 0 Å². The van der Waals surface area contributed by atoms with Crippen molar-refractivity contribution in [2.75, 3.05) is 7.05 Å². The summed E-state index contributed by atoms with van der Waals surface area (Å²) in [4.78, 5) is 0. The van der Waals surface area contributed by atoms with E-state index >= 15 is 0 Å². The fraction of sp³-hybridized carbons (Fsp3) is 1.00. The minimum atomic E-state index is 0.869. The molecule has 0 heterocycles. The van der Waals surface area contributed by atoms with Crippen molar-refractivity contribution in [2.45, 2.75) is 51.0 Å². The summed E-state index contributed by atoms with van der Waals surface area (Å²) in [7, 11) is 2.12. The van der Waals surface area contributed by atoms with Crippen LogP contribution in [0.2, 0.25) is 0 Å². The zero-order valence-corrected chi connectivity index (χ0v) is 8.18. The van der Waals surface area contributed by atoms with Crippen molar-refractivity contribution < 1.29 is 0 Å². The number of rotatable bonds is 1. The Hall–Kier alpha value is -0.0400. The minimum Gasteiger partial charge on any atom is -0.317 e. The van der Waals surface area contributed by atoms with E-state index in [4.69, 9.17) is 0 Å². The molecule has 2 fully saturated rings. The van der Waals surface area contributed by atoms with Gasteiger partial charge in [-0.05, 0) is 31.7 Å². The summed E-state index contributed by atoms with van der Waals surface area (Å²) in [5.74, 6) is 2.12. The molecular formula is C11H21N. The summed E-state index contributed by atoms with van der Waals surface area (Å²) < 4.78 is 0. The van der Waals surface area contributed by atoms with E-state index < -0.39 is 0 Å². The maximum absolute atomic E-state index is 3.45. The van der Waals surface area contributed by atoms with E-state index in [1.807, 2.05) is 0 Å². The summed E-state index contributed by atoms with van der Waals surface area (Å²) in [5.41, 5.74) is 0. The molecule has 3 unspecified atom stereocenters. The van der Waals surface area contributed by atoms with Crippen molar-refractivity contribution in [1.82, 2.24) is 5.32 Å². The fourth-order valence-corrected chi connectivity index (χ4v) is 3.05. The van der Waals surface area contributed by atoms with E-state index in [0.29, 0.717) is 0 Å². The van der Waals surface area contributed by atoms with Gasteiger partial charge in [-0.2, -0.15) is 0 Å². The third kappa shape index (κ3) is 1.52. The topological polar surface area (TPSA) is 12.0 Å². The molecule has 0 aromatic rings. The largest absolute Gasteiger partial charge is 0.317 e. The fourth-order valence-electron chi connectivity index (χ4n) is 3.05. The molecule has 2 aliphatic carbocycles. The van der Waals surface area contributed by atoms with Crippen LogP contribution in [-0.2, 0) is 0 Å². The molecule has 0 aromatic heterocycles. The standard InChI is InChI=1S/C11H21N/c1-12-11-8-9-6-4-2-3-5-7-10(9)11/h9-12H,2-8H2,1H3. The molecule has 0 aliphatic heterocycles. The second-order valence-corrected chi connectivity index (χ2v) is 4.55. The van der Waals surface area contributed by atoms with Gasteiger partial charge in [-0.25, -0.2) is 0 Å². The molecule has 0 amide bonds. The number of hydrogen-bond donors (Lipinski definition) is 1. The molecule has 0 saturated heterocycles. The van der Waals surface area contributed by atoms with Crippen LogP contribution in [0.4, 0.5) is 0 Å². The lowest BCUT2D eigenvalue weighted by molar-refractivity contribution is 0.0816. The van der Waals surface area contributed by atoms with Crippen LogP contribution < -0.4 is 5.32 Å². The van der Waals surface area contributed by atoms with Gasteiger partial charge < -0.3 is 5.32 Å². The maximum atomic E-state index is 3.45. The van der Waals surface area contributed by atoms with Crippen LogP contribution in [-0.4, -0.2) is 13.1 Å². The Morgan fingerprint density at radius 3 is 2.50 bits per heavy atom. The Labute approximate surface area is 75.9 Å². The summed E-state index contributed by atoms with van der Waals surface area (Å²) in [5, 5.41) is 3.45. The van der Waals surface area contributed by atoms with Crippen LogP contribution in [0.25, 0.3) is 0 Å². The molecule has 0 bridgehead atoms. The predicted molar refractivity (Wildman–Crippen MR) is 52.1 cm³/mol. The van der Waals surface area contributed by atoms with Gasteiger partial charge in [0.1, 0.15) is 0 Å². The molecule has 12 heavy (non-hydrogen) atoms. The van der Waals surface area contributed by atoms with E-state index in [9.17, 15) is 0 Å². The minimum absolute atomic E-state index is 0.869. The normalized spacial score (nSPS) is 42.2. The van der Waals surface area contributed by atoms with Gasteiger partial charge in [0, 0.05) is 6.04 Å². The van der Waals surface area contributed by atoms with Crippen molar-refractivity contribution in [3.05, 3.63) is 0 Å². The number of fused-ring (bicyclic) bond motifs is 1. The molecule has 1 heteroatoms. The first kappa shape index (κ1) is 8.55. The molecule has 2 saturated carbocycles. The molecule has 0 aromatic carbocycles. The van der Waals surface area contributed by atoms with E-state index in [-0.39, 0.29) is 0 Å². The highest BCUT2D eigenvalue weighted by atomic mass is 14.9. The van der Waals surface area contributed by atoms with Crippen LogP contribution in [0, 0.1) is 11.8 Å². The predicted octanol–water partition coefficient (Wildman–Crippen LogP) is 2.56. The summed E-state index contributed by atoms with van der Waals surface area (Å²) in [6, 6.07) is 0.869. The Morgan fingerprint density at radius 1 is 1.00 bits per heavy atom. The average Bonchev–Trinajstić information content (AvgIpc) is 2.04. The second kappa shape index (κ2) is 3.78. The highest BCUT2D eigenvalue weighted by Gasteiger charge is 2.39. The molecule has 2 aliphatic rings. The SMILES string of the molecule is CNC1CC2CCCCCCC21. The van der Waals surface area contributed by atoms with Gasteiger partial charge >= 0.3 is 0 Å². The van der Waals surface area contributed by atoms with Gasteiger partial charge in [-0.1, -0.05) is 32.1 Å². The Balaban J connectivity index is 1.86.